The molecule has 0 aliphatic carbocycles. The van der Waals surface area contributed by atoms with Crippen LogP contribution in [0.25, 0.3) is 0 Å². The number of benzene rings is 2. The van der Waals surface area contributed by atoms with Crippen LogP contribution >= 0.6 is 0 Å². The standard InChI is InChI=1S/C17H14F5N3O2/c1-2-23-24-16(26)25(12-6-8-14(9-7-12)27-15(18)19)13-5-3-4-11(10-13)17(20,21)22/h2-10,15H,1H3,(H,24,26). The van der Waals surface area contributed by atoms with Crippen LogP contribution < -0.4 is 15.1 Å². The van der Waals surface area contributed by atoms with Crippen molar-refractivity contribution in [1.29, 1.82) is 0 Å². The van der Waals surface area contributed by atoms with Gasteiger partial charge >= 0.3 is 18.8 Å². The second-order valence-corrected chi connectivity index (χ2v) is 5.06. The summed E-state index contributed by atoms with van der Waals surface area (Å²) >= 11 is 0. The lowest BCUT2D eigenvalue weighted by Gasteiger charge is -2.23. The highest BCUT2D eigenvalue weighted by Crippen LogP contribution is 2.34. The Labute approximate surface area is 151 Å². The summed E-state index contributed by atoms with van der Waals surface area (Å²) in [5.41, 5.74) is 1.25. The smallest absolute Gasteiger partial charge is 0.416 e. The minimum Gasteiger partial charge on any atom is -0.435 e. The van der Waals surface area contributed by atoms with E-state index < -0.39 is 24.4 Å². The fraction of sp³-hybridized carbons (Fsp3) is 0.176. The minimum absolute atomic E-state index is 0.0869. The minimum atomic E-state index is -4.60. The molecule has 2 aromatic carbocycles. The van der Waals surface area contributed by atoms with Crippen LogP contribution in [0, 0.1) is 0 Å². The molecule has 0 aromatic heterocycles. The molecule has 0 unspecified atom stereocenters. The number of urea groups is 1. The molecule has 0 aliphatic heterocycles. The summed E-state index contributed by atoms with van der Waals surface area (Å²) in [4.78, 5) is 13.3. The molecule has 0 atom stereocenters. The van der Waals surface area contributed by atoms with Crippen LogP contribution in [0.1, 0.15) is 12.5 Å². The molecule has 0 saturated carbocycles. The van der Waals surface area contributed by atoms with Crippen molar-refractivity contribution in [3.63, 3.8) is 0 Å². The van der Waals surface area contributed by atoms with Crippen molar-refractivity contribution in [3.05, 3.63) is 54.1 Å². The number of nitrogens with zero attached hydrogens (tertiary/aromatic N) is 2. The largest absolute Gasteiger partial charge is 0.435 e. The molecular weight excluding hydrogens is 373 g/mol. The molecule has 144 valence electrons. The van der Waals surface area contributed by atoms with Gasteiger partial charge in [0.05, 0.1) is 16.9 Å². The Bertz CT molecular complexity index is 807. The fourth-order valence-electron chi connectivity index (χ4n) is 2.15. The molecule has 0 radical (unpaired) electrons. The molecule has 1 N–H and O–H groups in total. The second-order valence-electron chi connectivity index (χ2n) is 5.06. The van der Waals surface area contributed by atoms with E-state index in [1.54, 1.807) is 0 Å². The van der Waals surface area contributed by atoms with Gasteiger partial charge in [-0.15, -0.1) is 0 Å². The summed E-state index contributed by atoms with van der Waals surface area (Å²) in [5, 5.41) is 3.56. The van der Waals surface area contributed by atoms with Gasteiger partial charge in [-0.25, -0.2) is 10.2 Å². The first-order valence-corrected chi connectivity index (χ1v) is 7.52. The summed E-state index contributed by atoms with van der Waals surface area (Å²) in [6.07, 6.45) is -3.32. The number of hydrogen-bond acceptors (Lipinski definition) is 3. The van der Waals surface area contributed by atoms with Crippen molar-refractivity contribution >= 4 is 23.6 Å². The van der Waals surface area contributed by atoms with Gasteiger partial charge in [0.1, 0.15) is 5.75 Å². The Morgan fingerprint density at radius 1 is 1.15 bits per heavy atom. The molecule has 0 heterocycles. The highest BCUT2D eigenvalue weighted by molar-refractivity contribution is 5.99. The summed E-state index contributed by atoms with van der Waals surface area (Å²) in [5.74, 6) is -0.162. The van der Waals surface area contributed by atoms with Crippen molar-refractivity contribution in [2.45, 2.75) is 19.7 Å². The van der Waals surface area contributed by atoms with Gasteiger partial charge in [0.25, 0.3) is 0 Å². The molecule has 2 rings (SSSR count). The van der Waals surface area contributed by atoms with Crippen molar-refractivity contribution < 1.29 is 31.5 Å². The Kier molecular flexibility index (Phi) is 6.32. The van der Waals surface area contributed by atoms with E-state index in [2.05, 4.69) is 15.3 Å². The van der Waals surface area contributed by atoms with Gasteiger partial charge < -0.3 is 4.74 Å². The number of alkyl halides is 5. The van der Waals surface area contributed by atoms with E-state index in [9.17, 15) is 26.7 Å². The maximum atomic E-state index is 13.0. The molecule has 2 aromatic rings. The summed E-state index contributed by atoms with van der Waals surface area (Å²) in [6, 6.07) is 8.11. The third-order valence-electron chi connectivity index (χ3n) is 3.24. The normalized spacial score (nSPS) is 11.7. The number of nitrogens with one attached hydrogen (secondary N) is 1. The molecule has 0 bridgehead atoms. The average Bonchev–Trinajstić information content (AvgIpc) is 2.61. The first-order valence-electron chi connectivity index (χ1n) is 7.52. The number of halogens is 5. The van der Waals surface area contributed by atoms with Crippen LogP contribution in [0.4, 0.5) is 38.1 Å². The van der Waals surface area contributed by atoms with E-state index in [4.69, 9.17) is 0 Å². The molecule has 0 fully saturated rings. The van der Waals surface area contributed by atoms with Crippen LogP contribution in [0.2, 0.25) is 0 Å². The van der Waals surface area contributed by atoms with E-state index in [0.29, 0.717) is 0 Å². The molecule has 5 nitrogen and oxygen atoms in total. The Morgan fingerprint density at radius 2 is 1.81 bits per heavy atom. The number of anilines is 2. The maximum Gasteiger partial charge on any atom is 0.416 e. The van der Waals surface area contributed by atoms with Gasteiger partial charge in [-0.2, -0.15) is 27.1 Å². The predicted molar refractivity (Wildman–Crippen MR) is 89.4 cm³/mol. The maximum absolute atomic E-state index is 13.0. The van der Waals surface area contributed by atoms with Gasteiger partial charge in [0.2, 0.25) is 0 Å². The van der Waals surface area contributed by atoms with Crippen LogP contribution in [-0.2, 0) is 6.18 Å². The lowest BCUT2D eigenvalue weighted by atomic mass is 10.1. The van der Waals surface area contributed by atoms with Gasteiger partial charge in [-0.05, 0) is 49.4 Å². The monoisotopic (exact) mass is 387 g/mol. The molecule has 0 saturated heterocycles. The number of hydrazone groups is 1. The van der Waals surface area contributed by atoms with E-state index in [1.165, 1.54) is 43.5 Å². The van der Waals surface area contributed by atoms with Crippen LogP contribution in [0.15, 0.2) is 53.6 Å². The number of hydrogen-bond donors (Lipinski definition) is 1. The molecule has 10 heteroatoms. The third kappa shape index (κ3) is 5.40. The Balaban J connectivity index is 2.44. The highest BCUT2D eigenvalue weighted by atomic mass is 19.4. The lowest BCUT2D eigenvalue weighted by Crippen LogP contribution is -2.34. The van der Waals surface area contributed by atoms with Crippen LogP contribution in [-0.4, -0.2) is 18.9 Å². The van der Waals surface area contributed by atoms with E-state index in [-0.39, 0.29) is 17.1 Å². The predicted octanol–water partition coefficient (Wildman–Crippen LogP) is 5.16. The third-order valence-corrected chi connectivity index (χ3v) is 3.24. The summed E-state index contributed by atoms with van der Waals surface area (Å²) in [6.45, 7) is -1.50. The fourth-order valence-corrected chi connectivity index (χ4v) is 2.15. The van der Waals surface area contributed by atoms with E-state index in [1.807, 2.05) is 0 Å². The SMILES string of the molecule is CC=NNC(=O)N(c1ccc(OC(F)F)cc1)c1cccc(C(F)(F)F)c1. The van der Waals surface area contributed by atoms with Gasteiger partial charge in [0, 0.05) is 6.21 Å². The number of amides is 2. The highest BCUT2D eigenvalue weighted by Gasteiger charge is 2.31. The molecule has 0 aliphatic rings. The van der Waals surface area contributed by atoms with Crippen molar-refractivity contribution in [1.82, 2.24) is 5.43 Å². The lowest BCUT2D eigenvalue weighted by molar-refractivity contribution is -0.137. The van der Waals surface area contributed by atoms with Crippen molar-refractivity contribution in [3.8, 4) is 5.75 Å². The van der Waals surface area contributed by atoms with E-state index >= 15 is 0 Å². The van der Waals surface area contributed by atoms with Gasteiger partial charge in [0.15, 0.2) is 0 Å². The summed E-state index contributed by atoms with van der Waals surface area (Å²) < 4.78 is 67.7. The molecule has 27 heavy (non-hydrogen) atoms. The first-order chi connectivity index (χ1) is 12.7. The van der Waals surface area contributed by atoms with Crippen molar-refractivity contribution in [2.75, 3.05) is 4.90 Å². The number of rotatable bonds is 5. The topological polar surface area (TPSA) is 53.9 Å². The average molecular weight is 387 g/mol. The number of carbonyl (C=O) groups is 1. The van der Waals surface area contributed by atoms with E-state index in [0.717, 1.165) is 23.1 Å². The summed E-state index contributed by atoms with van der Waals surface area (Å²) in [7, 11) is 0. The zero-order chi connectivity index (χ0) is 20.0. The van der Waals surface area contributed by atoms with Crippen molar-refractivity contribution in [2.24, 2.45) is 5.10 Å². The Morgan fingerprint density at radius 3 is 2.37 bits per heavy atom. The quantitative estimate of drug-likeness (QED) is 0.438. The molecule has 0 spiro atoms. The molecule has 2 amide bonds. The first kappa shape index (κ1) is 20.1. The second kappa shape index (κ2) is 8.47. The van der Waals surface area contributed by atoms with Gasteiger partial charge in [-0.1, -0.05) is 6.07 Å². The van der Waals surface area contributed by atoms with Gasteiger partial charge in [-0.3, -0.25) is 4.90 Å². The zero-order valence-corrected chi connectivity index (χ0v) is 13.9. The van der Waals surface area contributed by atoms with Crippen LogP contribution in [0.3, 0.4) is 0 Å². The van der Waals surface area contributed by atoms with Crippen LogP contribution in [0.5, 0.6) is 5.75 Å². The zero-order valence-electron chi connectivity index (χ0n) is 13.9. The Hall–Kier alpha value is -3.17. The molecular formula is C17H14F5N3O2. The number of ether oxygens (including phenoxy) is 1. The number of carbonyl (C=O) groups excluding carboxylic acids is 1.